The molecule has 564 valence electrons. The van der Waals surface area contributed by atoms with Gasteiger partial charge in [-0.1, -0.05) is 101 Å². The minimum absolute atomic E-state index is 0.182. The van der Waals surface area contributed by atoms with E-state index in [1.807, 2.05) is 63.3 Å². The van der Waals surface area contributed by atoms with Crippen molar-refractivity contribution in [1.82, 2.24) is 29.5 Å². The molecule has 7 fully saturated rings. The zero-order chi connectivity index (χ0) is 74.7. The Hall–Kier alpha value is -6.47. The molecule has 6 N–H and O–H groups in total. The number of nitrogens with one attached hydrogen (secondary N) is 1. The number of rotatable bonds is 12. The number of aliphatic carboxylic acids is 1. The molecule has 1 atom stereocenters. The van der Waals surface area contributed by atoms with Crippen LogP contribution in [-0.2, 0) is 25.5 Å². The molecule has 0 saturated carbocycles. The number of aliphatic hydroxyl groups is 1. The Morgan fingerprint density at radius 3 is 1.35 bits per heavy atom. The summed E-state index contributed by atoms with van der Waals surface area (Å²) in [5, 5.41) is 59.3. The molecular formula is C80H117B3BrN9O11. The van der Waals surface area contributed by atoms with Crippen LogP contribution in [0, 0.1) is 23.7 Å². The number of benzene rings is 6. The zero-order valence-corrected chi connectivity index (χ0v) is 65.0. The molecule has 1 unspecified atom stereocenters. The van der Waals surface area contributed by atoms with Crippen molar-refractivity contribution in [2.45, 2.75) is 156 Å². The van der Waals surface area contributed by atoms with Crippen molar-refractivity contribution in [3.63, 3.8) is 0 Å². The third kappa shape index (κ3) is 23.3. The molecule has 6 aromatic carbocycles. The lowest BCUT2D eigenvalue weighted by Gasteiger charge is -2.38. The molecule has 13 rings (SSSR count). The maximum atomic E-state index is 12.4. The van der Waals surface area contributed by atoms with Gasteiger partial charge in [0.25, 0.3) is 0 Å². The number of piperazine rings is 2. The largest absolute Gasteiger partial charge is 0.481 e. The maximum Gasteiger partial charge on any atom is 0.410 e. The zero-order valence-electron chi connectivity index (χ0n) is 63.4. The van der Waals surface area contributed by atoms with Gasteiger partial charge in [-0.05, 0) is 255 Å². The quantitative estimate of drug-likeness (QED) is 0.0495. The fraction of sp³-hybridized carbons (Fsp3) is 0.575. The van der Waals surface area contributed by atoms with Crippen LogP contribution in [-0.4, -0.2) is 224 Å². The average Bonchev–Trinajstić information content (AvgIpc) is 0.786. The molecule has 7 saturated heterocycles. The minimum atomic E-state index is -0.708. The number of amides is 2. The van der Waals surface area contributed by atoms with Crippen molar-refractivity contribution in [1.29, 1.82) is 0 Å². The molecule has 24 heteroatoms. The summed E-state index contributed by atoms with van der Waals surface area (Å²) in [5.41, 5.74) is 5.39. The molecule has 0 aliphatic carbocycles. The fourth-order valence-electron chi connectivity index (χ4n) is 15.4. The van der Waals surface area contributed by atoms with Crippen LogP contribution in [0.4, 0.5) is 26.7 Å². The van der Waals surface area contributed by atoms with Crippen molar-refractivity contribution in [3.8, 4) is 0 Å². The van der Waals surface area contributed by atoms with Gasteiger partial charge in [-0.3, -0.25) is 4.79 Å². The second kappa shape index (κ2) is 38.9. The second-order valence-corrected chi connectivity index (χ2v) is 32.2. The Labute approximate surface area is 628 Å². The summed E-state index contributed by atoms with van der Waals surface area (Å²) in [6.45, 7) is 31.8. The van der Waals surface area contributed by atoms with Crippen LogP contribution in [0.1, 0.15) is 129 Å². The van der Waals surface area contributed by atoms with Crippen LogP contribution in [0.25, 0.3) is 32.3 Å². The first-order valence-electron chi connectivity index (χ1n) is 38.5. The number of hydrogen-bond acceptors (Lipinski definition) is 17. The average molecular weight is 1490 g/mol. The van der Waals surface area contributed by atoms with Gasteiger partial charge < -0.3 is 83.8 Å². The molecule has 0 spiro atoms. The number of piperidine rings is 5. The van der Waals surface area contributed by atoms with Crippen molar-refractivity contribution < 1.29 is 53.9 Å². The van der Waals surface area contributed by atoms with Crippen molar-refractivity contribution in [2.75, 3.05) is 133 Å². The van der Waals surface area contributed by atoms with E-state index < -0.39 is 37.4 Å². The van der Waals surface area contributed by atoms with Gasteiger partial charge in [-0.15, -0.1) is 0 Å². The molecular weight excluding hydrogens is 1380 g/mol. The summed E-state index contributed by atoms with van der Waals surface area (Å²) in [6.07, 6.45) is 12.8. The summed E-state index contributed by atoms with van der Waals surface area (Å²) in [6, 6.07) is 39.0. The van der Waals surface area contributed by atoms with E-state index in [0.717, 1.165) is 117 Å². The Morgan fingerprint density at radius 1 is 0.500 bits per heavy atom. The van der Waals surface area contributed by atoms with E-state index in [9.17, 15) is 39.4 Å². The van der Waals surface area contributed by atoms with Crippen LogP contribution in [0.15, 0.2) is 114 Å². The highest BCUT2D eigenvalue weighted by Gasteiger charge is 2.34. The highest BCUT2D eigenvalue weighted by atomic mass is 79.9. The monoisotopic (exact) mass is 1490 g/mol. The number of nitrogens with zero attached hydrogens (tertiary/aromatic N) is 8. The first kappa shape index (κ1) is 81.6. The molecule has 2 amide bonds. The summed E-state index contributed by atoms with van der Waals surface area (Å²) in [4.78, 5) is 62.3. The molecule has 0 aromatic heterocycles. The summed E-state index contributed by atoms with van der Waals surface area (Å²) in [5.74, 6) is 0.340. The first-order valence-corrected chi connectivity index (χ1v) is 39.3. The second-order valence-electron chi connectivity index (χ2n) is 31.3. The van der Waals surface area contributed by atoms with Gasteiger partial charge in [0.15, 0.2) is 0 Å². The van der Waals surface area contributed by atoms with Crippen LogP contribution < -0.4 is 20.0 Å². The number of carboxylic acid groups (broad SMARTS) is 1. The number of fused-ring (bicyclic) bond motifs is 3. The lowest BCUT2D eigenvalue weighted by molar-refractivity contribution is -0.143. The van der Waals surface area contributed by atoms with Crippen molar-refractivity contribution in [3.05, 3.63) is 125 Å². The fourth-order valence-corrected chi connectivity index (χ4v) is 15.9. The van der Waals surface area contributed by atoms with E-state index in [-0.39, 0.29) is 37.0 Å². The highest BCUT2D eigenvalue weighted by molar-refractivity contribution is 9.10. The van der Waals surface area contributed by atoms with Crippen molar-refractivity contribution in [2.24, 2.45) is 23.7 Å². The smallest absolute Gasteiger partial charge is 0.410 e. The van der Waals surface area contributed by atoms with Gasteiger partial charge in [0.2, 0.25) is 0 Å². The van der Waals surface area contributed by atoms with Gasteiger partial charge >= 0.3 is 39.3 Å². The van der Waals surface area contributed by atoms with Gasteiger partial charge in [0, 0.05) is 109 Å². The topological polar surface area (TPSA) is 226 Å². The Kier molecular flexibility index (Phi) is 30.5. The number of aliphatic hydroxyl groups excluding tert-OH is 1. The van der Waals surface area contributed by atoms with E-state index in [1.54, 1.807) is 35.8 Å². The molecule has 104 heavy (non-hydrogen) atoms. The molecule has 6 aromatic rings. The molecule has 0 bridgehead atoms. The minimum Gasteiger partial charge on any atom is -0.481 e. The van der Waals surface area contributed by atoms with E-state index in [1.165, 1.54) is 97.6 Å². The summed E-state index contributed by atoms with van der Waals surface area (Å²) >= 11 is 3.62. The number of carbonyl (C=O) groups excluding carboxylic acids is 3. The molecule has 0 radical (unpaired) electrons. The number of ether oxygens (including phenoxy) is 2. The number of anilines is 3. The van der Waals surface area contributed by atoms with Gasteiger partial charge in [0.1, 0.15) is 17.5 Å². The summed E-state index contributed by atoms with van der Waals surface area (Å²) < 4.78 is 12.1. The lowest BCUT2D eigenvalue weighted by Crippen LogP contribution is -2.50. The third-order valence-electron chi connectivity index (χ3n) is 21.6. The Morgan fingerprint density at radius 2 is 0.894 bits per heavy atom. The highest BCUT2D eigenvalue weighted by Crippen LogP contribution is 2.40. The van der Waals surface area contributed by atoms with Gasteiger partial charge in [0.05, 0.1) is 12.0 Å². The number of halogens is 1. The molecule has 7 aliphatic rings. The van der Waals surface area contributed by atoms with Gasteiger partial charge in [-0.25, -0.2) is 9.59 Å². The predicted molar refractivity (Wildman–Crippen MR) is 428 cm³/mol. The van der Waals surface area contributed by atoms with Crippen LogP contribution in [0.5, 0.6) is 0 Å². The lowest BCUT2D eigenvalue weighted by atomic mass is 9.78. The van der Waals surface area contributed by atoms with Gasteiger partial charge in [-0.2, -0.15) is 0 Å². The van der Waals surface area contributed by atoms with E-state index >= 15 is 0 Å². The van der Waals surface area contributed by atoms with Crippen LogP contribution in [0.2, 0.25) is 20.5 Å². The summed E-state index contributed by atoms with van der Waals surface area (Å²) in [7, 11) is -1.24. The van der Waals surface area contributed by atoms with E-state index in [0.29, 0.717) is 52.1 Å². The van der Waals surface area contributed by atoms with Crippen molar-refractivity contribution >= 4 is 111 Å². The van der Waals surface area contributed by atoms with E-state index in [2.05, 4.69) is 138 Å². The molecule has 7 aliphatic heterocycles. The molecule has 7 heterocycles. The first-order chi connectivity index (χ1) is 49.7. The maximum absolute atomic E-state index is 12.4. The number of hydrogen-bond donors (Lipinski definition) is 6. The Bertz CT molecular complexity index is 3700. The molecule has 20 nitrogen and oxygen atoms in total. The Balaban J connectivity index is 0.000000159. The van der Waals surface area contributed by atoms with E-state index in [4.69, 9.17) is 14.6 Å². The third-order valence-corrected chi connectivity index (χ3v) is 22.2. The number of carbonyl (C=O) groups is 4. The number of carboxylic acids is 1. The number of aldehydes is 1. The predicted octanol–water partition coefficient (Wildman–Crippen LogP) is 12.7. The standard InChI is InChI=1S/C26H38BN3O4.C21H28N2.C19H23BrN2O2.C7H14BNO3.C7H14BNO2/c1-26(2,3)34-25(32)29-17-15-28(16-18-29)23-10-9-22(20-7-5-6-8-21(20)23)24(31)19-11-13-30(14-12-19)27(4)33;1-4-14-23(15-5-1)21-9-8-18(16-17-10-12-22-13-11-17)19-6-2-3-7-20(19)21;1-19(2,3)24-18(23)22-12-10-21(11-13-22)17-9-8-16(20)14-6-4-5-7-15(14)17;1-8(12)9-4-2-6(3-5-9)7(10)11;1-8(11)9-4-2-7(6-10)3-5-9/h5-10,19,24,31,33H,11-18H2,1-4H3;2-3,6-9,17,22H,1,4-5,10-16H2;4-9H,10-13H2,1-3H3;6,12H,2-5H2,1H3,(H,10,11);6-7,11H,2-5H2,1H3. The normalized spacial score (nSPS) is 19.1. The van der Waals surface area contributed by atoms with Crippen LogP contribution >= 0.6 is 15.9 Å². The SMILES string of the molecule is CB(O)N1CCC(C(=O)O)CC1.CB(O)N1CCC(C(O)c2ccc(N3CCN(C(=O)OC(C)(C)C)CC3)c3ccccc23)CC1.CB(O)N1CCC(C=O)CC1.CC(C)(C)OC(=O)N1CCN(c2ccc(Br)c3ccccc23)CC1.c1ccc2c(N3CCCCC3)ccc(CC3CCNCC3)c2c1. The van der Waals surface area contributed by atoms with Crippen LogP contribution in [0.3, 0.4) is 0 Å².